The van der Waals surface area contributed by atoms with Crippen molar-refractivity contribution >= 4 is 43.2 Å². The first-order valence-electron chi connectivity index (χ1n) is 5.47. The number of thiophene rings is 1. The first kappa shape index (κ1) is 14.1. The van der Waals surface area contributed by atoms with Gasteiger partial charge in [-0.25, -0.2) is 0 Å². The van der Waals surface area contributed by atoms with E-state index in [1.165, 1.54) is 10.4 Å². The molecule has 1 aromatic carbocycles. The van der Waals surface area contributed by atoms with E-state index in [0.29, 0.717) is 0 Å². The molecule has 0 fully saturated rings. The van der Waals surface area contributed by atoms with Crippen molar-refractivity contribution in [2.75, 3.05) is 7.11 Å². The number of para-hydroxylation sites is 1. The number of hydrogen-bond acceptors (Lipinski definition) is 3. The number of rotatable bonds is 5. The monoisotopic (exact) mass is 389 g/mol. The Balaban J connectivity index is 1.92. The zero-order valence-electron chi connectivity index (χ0n) is 9.87. The maximum atomic E-state index is 5.32. The van der Waals surface area contributed by atoms with Gasteiger partial charge in [-0.1, -0.05) is 18.2 Å². The fraction of sp³-hybridized carbons (Fsp3) is 0.231. The van der Waals surface area contributed by atoms with Crippen molar-refractivity contribution in [1.82, 2.24) is 5.32 Å². The van der Waals surface area contributed by atoms with Crippen LogP contribution in [-0.2, 0) is 13.1 Å². The molecule has 0 aliphatic carbocycles. The third kappa shape index (κ3) is 3.57. The molecule has 0 radical (unpaired) electrons. The van der Waals surface area contributed by atoms with E-state index in [1.807, 2.05) is 18.2 Å². The Bertz CT molecular complexity index is 508. The highest BCUT2D eigenvalue weighted by molar-refractivity contribution is 9.13. The Labute approximate surface area is 128 Å². The van der Waals surface area contributed by atoms with Gasteiger partial charge in [0.2, 0.25) is 0 Å². The van der Waals surface area contributed by atoms with Crippen LogP contribution < -0.4 is 10.1 Å². The van der Waals surface area contributed by atoms with Gasteiger partial charge in [0.15, 0.2) is 0 Å². The quantitative estimate of drug-likeness (QED) is 0.807. The van der Waals surface area contributed by atoms with Crippen molar-refractivity contribution in [2.24, 2.45) is 0 Å². The molecule has 2 aromatic rings. The van der Waals surface area contributed by atoms with Crippen LogP contribution >= 0.6 is 43.2 Å². The molecular weight excluding hydrogens is 378 g/mol. The minimum atomic E-state index is 0.803. The van der Waals surface area contributed by atoms with Crippen LogP contribution in [0.4, 0.5) is 0 Å². The van der Waals surface area contributed by atoms with E-state index >= 15 is 0 Å². The summed E-state index contributed by atoms with van der Waals surface area (Å²) in [5, 5.41) is 3.42. The zero-order valence-corrected chi connectivity index (χ0v) is 13.9. The van der Waals surface area contributed by atoms with E-state index in [9.17, 15) is 0 Å². The third-order valence-corrected chi connectivity index (χ3v) is 5.76. The molecule has 0 bridgehead atoms. The molecule has 2 nitrogen and oxygen atoms in total. The van der Waals surface area contributed by atoms with Gasteiger partial charge in [-0.15, -0.1) is 11.3 Å². The number of hydrogen-bond donors (Lipinski definition) is 1. The first-order valence-corrected chi connectivity index (χ1v) is 7.87. The molecule has 2 rings (SSSR count). The fourth-order valence-corrected chi connectivity index (χ4v) is 3.79. The highest BCUT2D eigenvalue weighted by Crippen LogP contribution is 2.32. The summed E-state index contributed by atoms with van der Waals surface area (Å²) < 4.78 is 7.57. The summed E-state index contributed by atoms with van der Waals surface area (Å²) in [5.41, 5.74) is 1.18. The summed E-state index contributed by atoms with van der Waals surface area (Å²) in [4.78, 5) is 1.30. The molecule has 5 heteroatoms. The predicted molar refractivity (Wildman–Crippen MR) is 83.3 cm³/mol. The SMILES string of the molecule is COc1ccccc1CNCc1cc(Br)c(Br)s1. The van der Waals surface area contributed by atoms with Gasteiger partial charge in [0.1, 0.15) is 5.75 Å². The number of halogens is 2. The average Bonchev–Trinajstić information content (AvgIpc) is 2.69. The lowest BCUT2D eigenvalue weighted by Gasteiger charge is -2.08. The van der Waals surface area contributed by atoms with Crippen LogP contribution in [0.3, 0.4) is 0 Å². The third-order valence-electron chi connectivity index (χ3n) is 2.50. The van der Waals surface area contributed by atoms with E-state index < -0.39 is 0 Å². The van der Waals surface area contributed by atoms with Gasteiger partial charge in [-0.3, -0.25) is 0 Å². The van der Waals surface area contributed by atoms with Crippen molar-refractivity contribution in [1.29, 1.82) is 0 Å². The van der Waals surface area contributed by atoms with Crippen molar-refractivity contribution in [3.63, 3.8) is 0 Å². The molecule has 0 amide bonds. The second-order valence-electron chi connectivity index (χ2n) is 3.75. The lowest BCUT2D eigenvalue weighted by atomic mass is 10.2. The van der Waals surface area contributed by atoms with E-state index in [2.05, 4.69) is 49.3 Å². The lowest BCUT2D eigenvalue weighted by molar-refractivity contribution is 0.407. The predicted octanol–water partition coefficient (Wildman–Crippen LogP) is 4.57. The molecule has 0 unspecified atom stereocenters. The van der Waals surface area contributed by atoms with Crippen LogP contribution in [0.1, 0.15) is 10.4 Å². The number of nitrogens with one attached hydrogen (secondary N) is 1. The minimum absolute atomic E-state index is 0.803. The molecule has 18 heavy (non-hydrogen) atoms. The molecule has 0 saturated carbocycles. The Morgan fingerprint density at radius 3 is 2.67 bits per heavy atom. The molecule has 96 valence electrons. The van der Waals surface area contributed by atoms with Crippen molar-refractivity contribution in [3.05, 3.63) is 49.0 Å². The van der Waals surface area contributed by atoms with Gasteiger partial charge >= 0.3 is 0 Å². The maximum absolute atomic E-state index is 5.32. The Kier molecular flexibility index (Phi) is 5.24. The topological polar surface area (TPSA) is 21.3 Å². The van der Waals surface area contributed by atoms with E-state index in [0.717, 1.165) is 27.1 Å². The molecule has 0 aliphatic heterocycles. The zero-order chi connectivity index (χ0) is 13.0. The lowest BCUT2D eigenvalue weighted by Crippen LogP contribution is -2.12. The minimum Gasteiger partial charge on any atom is -0.496 e. The van der Waals surface area contributed by atoms with Crippen LogP contribution in [0, 0.1) is 0 Å². The number of ether oxygens (including phenoxy) is 1. The van der Waals surface area contributed by atoms with Gasteiger partial charge in [0.05, 0.1) is 10.9 Å². The second kappa shape index (κ2) is 6.70. The molecular formula is C13H13Br2NOS. The van der Waals surface area contributed by atoms with Crippen LogP contribution in [0.25, 0.3) is 0 Å². The Morgan fingerprint density at radius 1 is 1.22 bits per heavy atom. The van der Waals surface area contributed by atoms with Crippen molar-refractivity contribution in [2.45, 2.75) is 13.1 Å². The highest BCUT2D eigenvalue weighted by Gasteiger charge is 2.05. The van der Waals surface area contributed by atoms with Gasteiger partial charge in [0.25, 0.3) is 0 Å². The van der Waals surface area contributed by atoms with E-state index in [4.69, 9.17) is 4.74 Å². The second-order valence-corrected chi connectivity index (χ2v) is 7.06. The number of benzene rings is 1. The summed E-state index contributed by atoms with van der Waals surface area (Å²) in [6.07, 6.45) is 0. The van der Waals surface area contributed by atoms with Crippen LogP contribution in [-0.4, -0.2) is 7.11 Å². The fourth-order valence-electron chi connectivity index (χ4n) is 1.65. The maximum Gasteiger partial charge on any atom is 0.123 e. The Hall–Kier alpha value is -0.360. The van der Waals surface area contributed by atoms with E-state index in [1.54, 1.807) is 18.4 Å². The van der Waals surface area contributed by atoms with Gasteiger partial charge in [-0.2, -0.15) is 0 Å². The summed E-state index contributed by atoms with van der Waals surface area (Å²) in [5.74, 6) is 0.929. The molecule has 0 aliphatic rings. The first-order chi connectivity index (χ1) is 8.70. The van der Waals surface area contributed by atoms with E-state index in [-0.39, 0.29) is 0 Å². The Morgan fingerprint density at radius 2 is 2.00 bits per heavy atom. The standard InChI is InChI=1S/C13H13Br2NOS/c1-17-12-5-3-2-4-9(12)7-16-8-10-6-11(14)13(15)18-10/h2-6,16H,7-8H2,1H3. The van der Waals surface area contributed by atoms with Crippen LogP contribution in [0.5, 0.6) is 5.75 Å². The molecule has 1 heterocycles. The average molecular weight is 391 g/mol. The summed E-state index contributed by atoms with van der Waals surface area (Å²) in [6, 6.07) is 10.2. The molecule has 0 saturated heterocycles. The van der Waals surface area contributed by atoms with Gasteiger partial charge in [0, 0.05) is 28.0 Å². The highest BCUT2D eigenvalue weighted by atomic mass is 79.9. The summed E-state index contributed by atoms with van der Waals surface area (Å²) >= 11 is 8.73. The van der Waals surface area contributed by atoms with Crippen LogP contribution in [0.2, 0.25) is 0 Å². The van der Waals surface area contributed by atoms with Crippen molar-refractivity contribution in [3.8, 4) is 5.75 Å². The molecule has 1 N–H and O–H groups in total. The van der Waals surface area contributed by atoms with Gasteiger partial charge in [-0.05, 0) is 44.0 Å². The smallest absolute Gasteiger partial charge is 0.123 e. The number of methoxy groups -OCH3 is 1. The molecule has 0 atom stereocenters. The van der Waals surface area contributed by atoms with Crippen molar-refractivity contribution < 1.29 is 4.74 Å². The largest absolute Gasteiger partial charge is 0.496 e. The van der Waals surface area contributed by atoms with Gasteiger partial charge < -0.3 is 10.1 Å². The normalized spacial score (nSPS) is 10.6. The molecule has 1 aromatic heterocycles. The molecule has 0 spiro atoms. The van der Waals surface area contributed by atoms with Crippen LogP contribution in [0.15, 0.2) is 38.6 Å². The summed E-state index contributed by atoms with van der Waals surface area (Å²) in [7, 11) is 1.70. The summed E-state index contributed by atoms with van der Waals surface area (Å²) in [6.45, 7) is 1.66.